The van der Waals surface area contributed by atoms with Crippen molar-refractivity contribution >= 4 is 18.0 Å². The first-order valence-corrected chi connectivity index (χ1v) is 13.0. The summed E-state index contributed by atoms with van der Waals surface area (Å²) in [5, 5.41) is 17.7. The third kappa shape index (κ3) is 7.09. The van der Waals surface area contributed by atoms with Crippen molar-refractivity contribution in [2.24, 2.45) is 29.1 Å². The van der Waals surface area contributed by atoms with E-state index in [0.717, 1.165) is 19.3 Å². The van der Waals surface area contributed by atoms with Crippen LogP contribution in [0.5, 0.6) is 5.88 Å². The summed E-state index contributed by atoms with van der Waals surface area (Å²) in [6.07, 6.45) is 11.0. The number of fused-ring (bicyclic) bond motifs is 2. The zero-order valence-corrected chi connectivity index (χ0v) is 22.3. The number of carbonyl (C=O) groups is 2. The van der Waals surface area contributed by atoms with Gasteiger partial charge >= 0.3 is 0 Å². The Balaban J connectivity index is 1.81. The number of hydrogen-bond acceptors (Lipinski definition) is 5. The fourth-order valence-corrected chi connectivity index (χ4v) is 5.54. The number of nitrogens with zero attached hydrogens (tertiary/aromatic N) is 3. The van der Waals surface area contributed by atoms with Gasteiger partial charge in [-0.15, -0.1) is 0 Å². The smallest absolute Gasteiger partial charge is 0.258 e. The molecule has 3 unspecified atom stereocenters. The van der Waals surface area contributed by atoms with E-state index in [4.69, 9.17) is 4.74 Å². The molecule has 1 aromatic rings. The third-order valence-corrected chi connectivity index (χ3v) is 7.40. The third-order valence-electron chi connectivity index (χ3n) is 7.40. The van der Waals surface area contributed by atoms with Gasteiger partial charge in [0.05, 0.1) is 12.8 Å². The second-order valence-corrected chi connectivity index (χ2v) is 11.7. The Labute approximate surface area is 210 Å². The molecule has 8 nitrogen and oxygen atoms in total. The molecular formula is C27H44N4O4. The summed E-state index contributed by atoms with van der Waals surface area (Å²) >= 11 is 0. The molecule has 2 aliphatic carbocycles. The molecule has 4 atom stereocenters. The van der Waals surface area contributed by atoms with E-state index in [1.165, 1.54) is 12.8 Å². The maximum absolute atomic E-state index is 13.4. The number of rotatable bonds is 10. The van der Waals surface area contributed by atoms with Crippen molar-refractivity contribution in [1.29, 1.82) is 0 Å². The molecule has 1 heterocycles. The molecule has 1 aromatic heterocycles. The maximum atomic E-state index is 13.4. The highest BCUT2D eigenvalue weighted by molar-refractivity contribution is 5.96. The van der Waals surface area contributed by atoms with Crippen LogP contribution >= 0.6 is 0 Å². The molecule has 2 fully saturated rings. The summed E-state index contributed by atoms with van der Waals surface area (Å²) in [7, 11) is 1.78. The molecule has 0 saturated heterocycles. The zero-order valence-electron chi connectivity index (χ0n) is 22.3. The van der Waals surface area contributed by atoms with E-state index >= 15 is 0 Å². The lowest BCUT2D eigenvalue weighted by atomic mass is 9.65. The van der Waals surface area contributed by atoms with Crippen molar-refractivity contribution in [3.05, 3.63) is 17.8 Å². The first-order valence-electron chi connectivity index (χ1n) is 13.0. The highest BCUT2D eigenvalue weighted by atomic mass is 16.5. The highest BCUT2D eigenvalue weighted by Gasteiger charge is 2.40. The van der Waals surface area contributed by atoms with Gasteiger partial charge in [-0.1, -0.05) is 46.6 Å². The lowest BCUT2D eigenvalue weighted by molar-refractivity contribution is -0.128. The normalized spacial score (nSPS) is 24.6. The standard InChI is InChI=1S/C27H44N4O4/c1-18(2)16-35-26-23(14-28-31(26)11-10-27(4,5)17-30(6)19(3)33)25(34)29-24-21-9-7-8-20(12-21)13-22(24)15-32/h10-11,14,18,20-22,24,32H,7-9,12-13,15-17H2,1-6H3,(H,29,34)/b11-10+/t20?,21?,22?,24-/m0/s1. The van der Waals surface area contributed by atoms with E-state index in [9.17, 15) is 14.7 Å². The van der Waals surface area contributed by atoms with E-state index in [2.05, 4.69) is 24.3 Å². The fourth-order valence-electron chi connectivity index (χ4n) is 5.54. The van der Waals surface area contributed by atoms with Gasteiger partial charge in [0.25, 0.3) is 5.91 Å². The maximum Gasteiger partial charge on any atom is 0.258 e. The molecule has 2 aliphatic rings. The van der Waals surface area contributed by atoms with E-state index in [1.807, 2.05) is 26.1 Å². The van der Waals surface area contributed by atoms with Gasteiger partial charge in [-0.3, -0.25) is 9.59 Å². The quantitative estimate of drug-likeness (QED) is 0.522. The zero-order chi connectivity index (χ0) is 25.8. The molecule has 2 bridgehead atoms. The monoisotopic (exact) mass is 488 g/mol. The molecular weight excluding hydrogens is 444 g/mol. The van der Waals surface area contributed by atoms with Crippen LogP contribution in [0.15, 0.2) is 12.3 Å². The summed E-state index contributed by atoms with van der Waals surface area (Å²) in [4.78, 5) is 26.8. The molecule has 0 radical (unpaired) electrons. The van der Waals surface area contributed by atoms with Crippen LogP contribution in [0.4, 0.5) is 0 Å². The molecule has 3 rings (SSSR count). The predicted molar refractivity (Wildman–Crippen MR) is 137 cm³/mol. The van der Waals surface area contributed by atoms with Crippen molar-refractivity contribution in [2.45, 2.75) is 72.8 Å². The number of aromatic nitrogens is 2. The number of aliphatic hydroxyl groups is 1. The number of nitrogens with one attached hydrogen (secondary N) is 1. The van der Waals surface area contributed by atoms with Crippen LogP contribution in [0.1, 0.15) is 77.1 Å². The second kappa shape index (κ2) is 11.6. The van der Waals surface area contributed by atoms with Crippen LogP contribution in [0, 0.1) is 29.1 Å². The SMILES string of the molecule is CC(=O)N(C)CC(C)(C)/C=C/n1ncc(C(=O)N[C@@H]2C(CO)CC3CCCC2C3)c1OCC(C)C. The topological polar surface area (TPSA) is 96.7 Å². The van der Waals surface area contributed by atoms with Gasteiger partial charge in [0.15, 0.2) is 0 Å². The minimum atomic E-state index is -0.294. The number of ether oxygens (including phenoxy) is 1. The van der Waals surface area contributed by atoms with Gasteiger partial charge in [-0.2, -0.15) is 5.10 Å². The van der Waals surface area contributed by atoms with Crippen LogP contribution in [0.3, 0.4) is 0 Å². The van der Waals surface area contributed by atoms with Crippen molar-refractivity contribution in [1.82, 2.24) is 20.0 Å². The summed E-state index contributed by atoms with van der Waals surface area (Å²) < 4.78 is 7.68. The lowest BCUT2D eigenvalue weighted by Crippen LogP contribution is -2.51. The Kier molecular flexibility index (Phi) is 9.02. The molecule has 196 valence electrons. The predicted octanol–water partition coefficient (Wildman–Crippen LogP) is 3.81. The van der Waals surface area contributed by atoms with Gasteiger partial charge in [-0.25, -0.2) is 4.68 Å². The minimum Gasteiger partial charge on any atom is -0.477 e. The summed E-state index contributed by atoms with van der Waals surface area (Å²) in [6.45, 7) is 10.9. The van der Waals surface area contributed by atoms with Crippen molar-refractivity contribution in [2.75, 3.05) is 26.8 Å². The van der Waals surface area contributed by atoms with Gasteiger partial charge in [0.1, 0.15) is 5.56 Å². The molecule has 0 aromatic carbocycles. The van der Waals surface area contributed by atoms with Gasteiger partial charge in [-0.05, 0) is 37.0 Å². The van der Waals surface area contributed by atoms with Crippen LogP contribution in [0.2, 0.25) is 0 Å². The first-order chi connectivity index (χ1) is 16.5. The lowest BCUT2D eigenvalue weighted by Gasteiger charge is -2.45. The Morgan fingerprint density at radius 1 is 1.34 bits per heavy atom. The van der Waals surface area contributed by atoms with Crippen molar-refractivity contribution in [3.63, 3.8) is 0 Å². The van der Waals surface area contributed by atoms with Gasteiger partial charge in [0, 0.05) is 50.7 Å². The van der Waals surface area contributed by atoms with Crippen molar-refractivity contribution in [3.8, 4) is 5.88 Å². The first kappa shape index (κ1) is 27.2. The summed E-state index contributed by atoms with van der Waals surface area (Å²) in [5.41, 5.74) is 0.113. The Morgan fingerprint density at radius 3 is 2.74 bits per heavy atom. The molecule has 8 heteroatoms. The van der Waals surface area contributed by atoms with Crippen LogP contribution in [-0.4, -0.2) is 64.4 Å². The fraction of sp³-hybridized carbons (Fsp3) is 0.741. The molecule has 0 spiro atoms. The Morgan fingerprint density at radius 2 is 2.09 bits per heavy atom. The number of carbonyl (C=O) groups excluding carboxylic acids is 2. The molecule has 0 aliphatic heterocycles. The van der Waals surface area contributed by atoms with Gasteiger partial charge < -0.3 is 20.1 Å². The van der Waals surface area contributed by atoms with E-state index in [0.29, 0.717) is 36.4 Å². The summed E-state index contributed by atoms with van der Waals surface area (Å²) in [5.74, 6) is 1.69. The molecule has 2 N–H and O–H groups in total. The van der Waals surface area contributed by atoms with Crippen molar-refractivity contribution < 1.29 is 19.4 Å². The minimum absolute atomic E-state index is 0.0126. The Bertz CT molecular complexity index is 905. The number of hydrogen-bond donors (Lipinski definition) is 2. The average Bonchev–Trinajstić information content (AvgIpc) is 3.20. The van der Waals surface area contributed by atoms with E-state index in [-0.39, 0.29) is 41.7 Å². The van der Waals surface area contributed by atoms with E-state index in [1.54, 1.807) is 29.7 Å². The van der Waals surface area contributed by atoms with Crippen LogP contribution < -0.4 is 10.1 Å². The number of aliphatic hydroxyl groups excluding tert-OH is 1. The van der Waals surface area contributed by atoms with E-state index < -0.39 is 0 Å². The largest absolute Gasteiger partial charge is 0.477 e. The summed E-state index contributed by atoms with van der Waals surface area (Å²) in [6, 6.07) is -0.0260. The van der Waals surface area contributed by atoms with Gasteiger partial charge in [0.2, 0.25) is 11.8 Å². The number of amides is 2. The highest BCUT2D eigenvalue weighted by Crippen LogP contribution is 2.42. The molecule has 2 amide bonds. The average molecular weight is 489 g/mol. The van der Waals surface area contributed by atoms with Crippen LogP contribution in [-0.2, 0) is 4.79 Å². The Hall–Kier alpha value is -2.35. The molecule has 2 saturated carbocycles. The van der Waals surface area contributed by atoms with Crippen LogP contribution in [0.25, 0.3) is 6.20 Å². The molecule has 35 heavy (non-hydrogen) atoms. The second-order valence-electron chi connectivity index (χ2n) is 11.7.